The minimum atomic E-state index is -0.850. The van der Waals surface area contributed by atoms with E-state index in [0.29, 0.717) is 13.1 Å². The predicted molar refractivity (Wildman–Crippen MR) is 80.5 cm³/mol. The van der Waals surface area contributed by atoms with Crippen LogP contribution in [0.25, 0.3) is 0 Å². The minimum absolute atomic E-state index is 0.0144. The zero-order valence-electron chi connectivity index (χ0n) is 12.6. The average Bonchev–Trinajstić information content (AvgIpc) is 2.34. The molecule has 1 aromatic rings. The van der Waals surface area contributed by atoms with Gasteiger partial charge in [0.05, 0.1) is 6.42 Å². The number of amides is 1. The summed E-state index contributed by atoms with van der Waals surface area (Å²) in [6, 6.07) is 7.15. The standard InChI is InChI=1S/C15H22N2O4/c1-15(2,3)21-14(20)17-9-8-16-12-6-4-11(5-7-12)10-13(18)19/h4-7,16H,8-10H2,1-3H3,(H,17,20)(H,18,19). The number of carbonyl (C=O) groups excluding carboxylic acids is 1. The van der Waals surface area contributed by atoms with E-state index in [1.165, 1.54) is 0 Å². The van der Waals surface area contributed by atoms with Gasteiger partial charge in [-0.05, 0) is 38.5 Å². The molecule has 0 aliphatic carbocycles. The van der Waals surface area contributed by atoms with E-state index in [1.54, 1.807) is 12.1 Å². The molecule has 0 heterocycles. The molecule has 0 fully saturated rings. The van der Waals surface area contributed by atoms with Crippen LogP contribution in [-0.2, 0) is 16.0 Å². The van der Waals surface area contributed by atoms with Gasteiger partial charge in [0.1, 0.15) is 5.60 Å². The molecule has 0 spiro atoms. The van der Waals surface area contributed by atoms with E-state index in [2.05, 4.69) is 10.6 Å². The maximum absolute atomic E-state index is 11.4. The number of rotatable bonds is 6. The Bertz CT molecular complexity index is 477. The molecule has 0 aliphatic heterocycles. The van der Waals surface area contributed by atoms with Crippen molar-refractivity contribution in [2.75, 3.05) is 18.4 Å². The Hall–Kier alpha value is -2.24. The van der Waals surface area contributed by atoms with Crippen LogP contribution in [0.1, 0.15) is 26.3 Å². The number of alkyl carbamates (subject to hydrolysis) is 1. The Morgan fingerprint density at radius 2 is 1.76 bits per heavy atom. The molecule has 1 rings (SSSR count). The number of benzene rings is 1. The normalized spacial score (nSPS) is 10.8. The van der Waals surface area contributed by atoms with Crippen LogP contribution in [0.2, 0.25) is 0 Å². The first-order chi connectivity index (χ1) is 9.76. The summed E-state index contributed by atoms with van der Waals surface area (Å²) in [4.78, 5) is 22.0. The molecule has 3 N–H and O–H groups in total. The van der Waals surface area contributed by atoms with Gasteiger partial charge < -0.3 is 20.5 Å². The summed E-state index contributed by atoms with van der Waals surface area (Å²) in [6.07, 6.45) is -0.429. The van der Waals surface area contributed by atoms with Crippen LogP contribution in [0, 0.1) is 0 Å². The molecule has 6 heteroatoms. The van der Waals surface area contributed by atoms with E-state index < -0.39 is 17.7 Å². The average molecular weight is 294 g/mol. The minimum Gasteiger partial charge on any atom is -0.481 e. The molecule has 1 amide bonds. The third-order valence-corrected chi connectivity index (χ3v) is 2.43. The maximum atomic E-state index is 11.4. The number of aliphatic carboxylic acids is 1. The fraction of sp³-hybridized carbons (Fsp3) is 0.467. The topological polar surface area (TPSA) is 87.7 Å². The number of carbonyl (C=O) groups is 2. The van der Waals surface area contributed by atoms with Gasteiger partial charge in [0, 0.05) is 18.8 Å². The van der Waals surface area contributed by atoms with Gasteiger partial charge in [-0.25, -0.2) is 4.79 Å². The van der Waals surface area contributed by atoms with Crippen LogP contribution in [0.4, 0.5) is 10.5 Å². The molecular formula is C15H22N2O4. The van der Waals surface area contributed by atoms with Gasteiger partial charge in [0.25, 0.3) is 0 Å². The van der Waals surface area contributed by atoms with Crippen LogP contribution in [-0.4, -0.2) is 35.9 Å². The summed E-state index contributed by atoms with van der Waals surface area (Å²) in [5.74, 6) is -0.850. The molecule has 116 valence electrons. The summed E-state index contributed by atoms with van der Waals surface area (Å²) in [6.45, 7) is 6.42. The van der Waals surface area contributed by atoms with Gasteiger partial charge in [-0.2, -0.15) is 0 Å². The highest BCUT2D eigenvalue weighted by Crippen LogP contribution is 2.09. The lowest BCUT2D eigenvalue weighted by Crippen LogP contribution is -2.34. The first-order valence-corrected chi connectivity index (χ1v) is 6.78. The molecule has 0 saturated carbocycles. The molecule has 0 saturated heterocycles. The molecule has 0 unspecified atom stereocenters. The second kappa shape index (κ2) is 7.52. The van der Waals surface area contributed by atoms with Crippen molar-refractivity contribution < 1.29 is 19.4 Å². The van der Waals surface area contributed by atoms with Crippen LogP contribution in [0.15, 0.2) is 24.3 Å². The fourth-order valence-electron chi connectivity index (χ4n) is 1.60. The lowest BCUT2D eigenvalue weighted by atomic mass is 10.1. The number of carboxylic acids is 1. The first-order valence-electron chi connectivity index (χ1n) is 6.78. The summed E-state index contributed by atoms with van der Waals surface area (Å²) < 4.78 is 5.11. The molecular weight excluding hydrogens is 272 g/mol. The van der Waals surface area contributed by atoms with Crippen molar-refractivity contribution in [1.82, 2.24) is 5.32 Å². The van der Waals surface area contributed by atoms with Crippen molar-refractivity contribution in [2.24, 2.45) is 0 Å². The van der Waals surface area contributed by atoms with Crippen LogP contribution < -0.4 is 10.6 Å². The fourth-order valence-corrected chi connectivity index (χ4v) is 1.60. The van der Waals surface area contributed by atoms with E-state index in [1.807, 2.05) is 32.9 Å². The predicted octanol–water partition coefficient (Wildman–Crippen LogP) is 2.25. The molecule has 0 bridgehead atoms. The highest BCUT2D eigenvalue weighted by Gasteiger charge is 2.15. The van der Waals surface area contributed by atoms with Crippen molar-refractivity contribution in [3.8, 4) is 0 Å². The Labute approximate surface area is 124 Å². The molecule has 21 heavy (non-hydrogen) atoms. The van der Waals surface area contributed by atoms with Crippen molar-refractivity contribution in [1.29, 1.82) is 0 Å². The lowest BCUT2D eigenvalue weighted by molar-refractivity contribution is -0.136. The summed E-state index contributed by atoms with van der Waals surface area (Å²) in [5.41, 5.74) is 1.12. The third kappa shape index (κ3) is 7.81. The van der Waals surface area contributed by atoms with Gasteiger partial charge in [0.2, 0.25) is 0 Å². The van der Waals surface area contributed by atoms with Crippen molar-refractivity contribution in [2.45, 2.75) is 32.8 Å². The van der Waals surface area contributed by atoms with Gasteiger partial charge in [-0.3, -0.25) is 4.79 Å². The van der Waals surface area contributed by atoms with Crippen LogP contribution >= 0.6 is 0 Å². The number of hydrogen-bond donors (Lipinski definition) is 3. The molecule has 1 aromatic carbocycles. The van der Waals surface area contributed by atoms with Gasteiger partial charge in [-0.1, -0.05) is 12.1 Å². The largest absolute Gasteiger partial charge is 0.481 e. The number of nitrogens with one attached hydrogen (secondary N) is 2. The smallest absolute Gasteiger partial charge is 0.407 e. The third-order valence-electron chi connectivity index (χ3n) is 2.43. The Morgan fingerprint density at radius 1 is 1.14 bits per heavy atom. The lowest BCUT2D eigenvalue weighted by Gasteiger charge is -2.19. The quantitative estimate of drug-likeness (QED) is 0.700. The highest BCUT2D eigenvalue weighted by atomic mass is 16.6. The molecule has 0 radical (unpaired) electrons. The Kier molecular flexibility index (Phi) is 6.02. The maximum Gasteiger partial charge on any atom is 0.407 e. The molecule has 6 nitrogen and oxygen atoms in total. The highest BCUT2D eigenvalue weighted by molar-refractivity contribution is 5.70. The monoisotopic (exact) mass is 294 g/mol. The Morgan fingerprint density at radius 3 is 2.29 bits per heavy atom. The van der Waals surface area contributed by atoms with Crippen LogP contribution in [0.5, 0.6) is 0 Å². The van der Waals surface area contributed by atoms with Crippen molar-refractivity contribution >= 4 is 17.7 Å². The number of anilines is 1. The van der Waals surface area contributed by atoms with Crippen molar-refractivity contribution in [3.63, 3.8) is 0 Å². The molecule has 0 aromatic heterocycles. The second-order valence-electron chi connectivity index (χ2n) is 5.62. The van der Waals surface area contributed by atoms with E-state index in [9.17, 15) is 9.59 Å². The van der Waals surface area contributed by atoms with E-state index in [-0.39, 0.29) is 6.42 Å². The van der Waals surface area contributed by atoms with E-state index >= 15 is 0 Å². The van der Waals surface area contributed by atoms with Crippen molar-refractivity contribution in [3.05, 3.63) is 29.8 Å². The van der Waals surface area contributed by atoms with E-state index in [4.69, 9.17) is 9.84 Å². The number of carboxylic acid groups (broad SMARTS) is 1. The number of hydrogen-bond acceptors (Lipinski definition) is 4. The number of ether oxygens (including phenoxy) is 1. The zero-order valence-corrected chi connectivity index (χ0v) is 12.6. The van der Waals surface area contributed by atoms with Gasteiger partial charge in [0.15, 0.2) is 0 Å². The molecule has 0 atom stereocenters. The summed E-state index contributed by atoms with van der Waals surface area (Å²) in [5, 5.41) is 14.4. The van der Waals surface area contributed by atoms with Gasteiger partial charge >= 0.3 is 12.1 Å². The second-order valence-corrected chi connectivity index (χ2v) is 5.62. The van der Waals surface area contributed by atoms with Crippen LogP contribution in [0.3, 0.4) is 0 Å². The SMILES string of the molecule is CC(C)(C)OC(=O)NCCNc1ccc(CC(=O)O)cc1. The Balaban J connectivity index is 2.27. The summed E-state index contributed by atoms with van der Waals surface area (Å²) in [7, 11) is 0. The molecule has 0 aliphatic rings. The first kappa shape index (κ1) is 16.8. The van der Waals surface area contributed by atoms with E-state index in [0.717, 1.165) is 11.3 Å². The van der Waals surface area contributed by atoms with Gasteiger partial charge in [-0.15, -0.1) is 0 Å². The zero-order chi connectivity index (χ0) is 15.9. The summed E-state index contributed by atoms with van der Waals surface area (Å²) >= 11 is 0.